The van der Waals surface area contributed by atoms with Gasteiger partial charge in [0.25, 0.3) is 5.69 Å². The lowest BCUT2D eigenvalue weighted by Crippen LogP contribution is -2.03. The second-order valence-corrected chi connectivity index (χ2v) is 6.99. The van der Waals surface area contributed by atoms with Gasteiger partial charge in [-0.3, -0.25) is 10.1 Å². The lowest BCUT2D eigenvalue weighted by Gasteiger charge is -2.14. The lowest BCUT2D eigenvalue weighted by molar-refractivity contribution is -0.384. The van der Waals surface area contributed by atoms with Crippen molar-refractivity contribution in [3.63, 3.8) is 0 Å². The molecule has 0 spiro atoms. The van der Waals surface area contributed by atoms with Crippen LogP contribution in [0, 0.1) is 10.1 Å². The number of hydrogen-bond donors (Lipinski definition) is 2. The summed E-state index contributed by atoms with van der Waals surface area (Å²) < 4.78 is 0. The normalized spacial score (nSPS) is 10.7. The number of non-ortho nitro benzene ring substituents is 1. The molecule has 2 N–H and O–H groups in total. The van der Waals surface area contributed by atoms with E-state index in [2.05, 4.69) is 20.6 Å². The van der Waals surface area contributed by atoms with Crippen LogP contribution in [0.4, 0.5) is 28.7 Å². The summed E-state index contributed by atoms with van der Waals surface area (Å²) in [6, 6.07) is 18.6. The van der Waals surface area contributed by atoms with E-state index in [0.29, 0.717) is 38.4 Å². The molecule has 0 saturated heterocycles. The largest absolute Gasteiger partial charge is 0.337 e. The molecule has 4 rings (SSSR count). The third-order valence-corrected chi connectivity index (χ3v) is 4.50. The van der Waals surface area contributed by atoms with Crippen molar-refractivity contribution in [2.24, 2.45) is 0 Å². The van der Waals surface area contributed by atoms with E-state index in [1.54, 1.807) is 36.4 Å². The predicted octanol–water partition coefficient (Wildman–Crippen LogP) is 6.33. The molecule has 7 nitrogen and oxygen atoms in total. The Bertz CT molecular complexity index is 1230. The number of nitro benzene ring substituents is 1. The van der Waals surface area contributed by atoms with Gasteiger partial charge in [0.05, 0.1) is 16.0 Å². The summed E-state index contributed by atoms with van der Waals surface area (Å²) in [5.41, 5.74) is 2.26. The minimum absolute atomic E-state index is 0.0592. The van der Waals surface area contributed by atoms with Crippen LogP contribution in [0.15, 0.2) is 66.7 Å². The van der Waals surface area contributed by atoms with Gasteiger partial charge >= 0.3 is 0 Å². The maximum Gasteiger partial charge on any atom is 0.271 e. The van der Waals surface area contributed by atoms with Crippen molar-refractivity contribution >= 4 is 62.9 Å². The summed E-state index contributed by atoms with van der Waals surface area (Å²) in [5.74, 6) is 0.828. The highest BCUT2D eigenvalue weighted by Gasteiger charge is 2.14. The van der Waals surface area contributed by atoms with E-state index in [1.165, 1.54) is 12.1 Å². The molecule has 3 aromatic carbocycles. The zero-order chi connectivity index (χ0) is 20.4. The summed E-state index contributed by atoms with van der Waals surface area (Å²) in [6.45, 7) is 0. The summed E-state index contributed by atoms with van der Waals surface area (Å²) in [6.07, 6.45) is 0. The van der Waals surface area contributed by atoms with Crippen molar-refractivity contribution in [3.8, 4) is 0 Å². The Morgan fingerprint density at radius 3 is 1.83 bits per heavy atom. The molecule has 0 saturated carbocycles. The first-order valence-electron chi connectivity index (χ1n) is 8.49. The molecule has 0 aliphatic heterocycles. The molecule has 1 aromatic heterocycles. The van der Waals surface area contributed by atoms with Gasteiger partial charge in [-0.2, -0.15) is 0 Å². The minimum atomic E-state index is -0.469. The van der Waals surface area contributed by atoms with Crippen molar-refractivity contribution in [1.82, 2.24) is 9.97 Å². The Morgan fingerprint density at radius 2 is 1.31 bits per heavy atom. The third-order valence-electron chi connectivity index (χ3n) is 4.03. The van der Waals surface area contributed by atoms with E-state index in [1.807, 2.05) is 18.2 Å². The molecule has 0 aliphatic carbocycles. The Balaban J connectivity index is 1.81. The fraction of sp³-hybridized carbons (Fsp3) is 0. The molecule has 4 aromatic rings. The maximum atomic E-state index is 11.1. The number of hydrogen-bond acceptors (Lipinski definition) is 6. The first-order valence-corrected chi connectivity index (χ1v) is 9.25. The molecule has 9 heteroatoms. The average molecular weight is 426 g/mol. The van der Waals surface area contributed by atoms with Crippen LogP contribution >= 0.6 is 23.2 Å². The number of rotatable bonds is 5. The van der Waals surface area contributed by atoms with E-state index in [9.17, 15) is 10.1 Å². The van der Waals surface area contributed by atoms with Crippen LogP contribution in [0.5, 0.6) is 0 Å². The Kier molecular flexibility index (Phi) is 5.16. The van der Waals surface area contributed by atoms with Crippen molar-refractivity contribution < 1.29 is 4.92 Å². The van der Waals surface area contributed by atoms with Crippen LogP contribution in [-0.4, -0.2) is 14.9 Å². The molecule has 0 bridgehead atoms. The van der Waals surface area contributed by atoms with E-state index < -0.39 is 4.92 Å². The smallest absolute Gasteiger partial charge is 0.271 e. The number of halogens is 2. The number of aromatic nitrogens is 2. The molecule has 1 heterocycles. The number of nitro groups is 1. The van der Waals surface area contributed by atoms with Crippen LogP contribution in [0.1, 0.15) is 0 Å². The molecule has 0 atom stereocenters. The third kappa shape index (κ3) is 4.37. The van der Waals surface area contributed by atoms with E-state index in [-0.39, 0.29) is 5.69 Å². The minimum Gasteiger partial charge on any atom is -0.337 e. The number of anilines is 4. The fourth-order valence-electron chi connectivity index (χ4n) is 2.74. The SMILES string of the molecule is O=[N+]([O-])c1ccc2nc(Nc3cccc(Cl)c3)c(Nc3cccc(Cl)c3)nc2c1. The first-order chi connectivity index (χ1) is 14.0. The molecule has 0 aliphatic rings. The van der Waals surface area contributed by atoms with Crippen LogP contribution in [0.2, 0.25) is 10.0 Å². The zero-order valence-corrected chi connectivity index (χ0v) is 16.3. The van der Waals surface area contributed by atoms with Gasteiger partial charge in [0.1, 0.15) is 0 Å². The van der Waals surface area contributed by atoms with Crippen molar-refractivity contribution in [3.05, 3.63) is 86.9 Å². The summed E-state index contributed by atoms with van der Waals surface area (Å²) in [4.78, 5) is 19.8. The van der Waals surface area contributed by atoms with E-state index in [0.717, 1.165) is 5.69 Å². The van der Waals surface area contributed by atoms with Crippen LogP contribution in [0.25, 0.3) is 11.0 Å². The highest BCUT2D eigenvalue weighted by atomic mass is 35.5. The molecule has 0 fully saturated rings. The Labute approximate surface area is 175 Å². The van der Waals surface area contributed by atoms with Crippen LogP contribution < -0.4 is 10.6 Å². The van der Waals surface area contributed by atoms with Gasteiger partial charge in [0.2, 0.25) is 0 Å². The Hall–Kier alpha value is -3.42. The number of benzene rings is 3. The first kappa shape index (κ1) is 18.9. The molecule has 0 unspecified atom stereocenters. The average Bonchev–Trinajstić information content (AvgIpc) is 2.68. The summed E-state index contributed by atoms with van der Waals surface area (Å²) >= 11 is 12.1. The van der Waals surface area contributed by atoms with Gasteiger partial charge in [-0.25, -0.2) is 9.97 Å². The standard InChI is InChI=1S/C20H13Cl2N5O2/c21-12-3-1-5-14(9-12)23-19-20(24-15-6-2-4-13(22)10-15)26-18-11-16(27(28)29)7-8-17(18)25-19/h1-11H,(H,23,25)(H,24,26). The van der Waals surface area contributed by atoms with Crippen LogP contribution in [-0.2, 0) is 0 Å². The van der Waals surface area contributed by atoms with Crippen molar-refractivity contribution in [1.29, 1.82) is 0 Å². The molecule has 0 amide bonds. The molecule has 0 radical (unpaired) electrons. The number of nitrogens with one attached hydrogen (secondary N) is 2. The van der Waals surface area contributed by atoms with E-state index in [4.69, 9.17) is 23.2 Å². The summed E-state index contributed by atoms with van der Waals surface area (Å²) in [5, 5.41) is 18.6. The molecule has 29 heavy (non-hydrogen) atoms. The fourth-order valence-corrected chi connectivity index (χ4v) is 3.12. The highest BCUT2D eigenvalue weighted by Crippen LogP contribution is 2.30. The highest BCUT2D eigenvalue weighted by molar-refractivity contribution is 6.31. The second kappa shape index (κ2) is 7.90. The van der Waals surface area contributed by atoms with Gasteiger partial charge in [-0.1, -0.05) is 35.3 Å². The summed E-state index contributed by atoms with van der Waals surface area (Å²) in [7, 11) is 0. The topological polar surface area (TPSA) is 93.0 Å². The monoisotopic (exact) mass is 425 g/mol. The quantitative estimate of drug-likeness (QED) is 0.286. The molecule has 144 valence electrons. The number of fused-ring (bicyclic) bond motifs is 1. The van der Waals surface area contributed by atoms with Crippen LogP contribution in [0.3, 0.4) is 0 Å². The Morgan fingerprint density at radius 1 is 0.759 bits per heavy atom. The van der Waals surface area contributed by atoms with Gasteiger partial charge in [0, 0.05) is 33.6 Å². The van der Waals surface area contributed by atoms with E-state index >= 15 is 0 Å². The predicted molar refractivity (Wildman–Crippen MR) is 116 cm³/mol. The van der Waals surface area contributed by atoms with Gasteiger partial charge in [-0.15, -0.1) is 0 Å². The number of nitrogens with zero attached hydrogens (tertiary/aromatic N) is 3. The maximum absolute atomic E-state index is 11.1. The molecular formula is C20H13Cl2N5O2. The zero-order valence-electron chi connectivity index (χ0n) is 14.8. The second-order valence-electron chi connectivity index (χ2n) is 6.12. The lowest BCUT2D eigenvalue weighted by atomic mass is 10.2. The van der Waals surface area contributed by atoms with Gasteiger partial charge in [0.15, 0.2) is 11.6 Å². The molecular weight excluding hydrogens is 413 g/mol. The van der Waals surface area contributed by atoms with Gasteiger partial charge in [-0.05, 0) is 42.5 Å². The van der Waals surface area contributed by atoms with Gasteiger partial charge < -0.3 is 10.6 Å². The van der Waals surface area contributed by atoms with Crippen molar-refractivity contribution in [2.45, 2.75) is 0 Å². The van der Waals surface area contributed by atoms with Crippen molar-refractivity contribution in [2.75, 3.05) is 10.6 Å².